The molecule has 1 heterocycles. The average molecular weight is 387 g/mol. The second-order valence-corrected chi connectivity index (χ2v) is 7.69. The molecular weight excluding hydrogens is 344 g/mol. The van der Waals surface area contributed by atoms with Gasteiger partial charge in [0.25, 0.3) is 0 Å². The monoisotopic (exact) mass is 386 g/mol. The van der Waals surface area contributed by atoms with E-state index in [0.717, 1.165) is 12.8 Å². The lowest BCUT2D eigenvalue weighted by Gasteiger charge is -2.24. The molecule has 1 fully saturated rings. The number of unbranched alkanes of at least 4 members (excludes halogenated alkanes) is 11. The molecule has 5 heteroatoms. The van der Waals surface area contributed by atoms with Crippen molar-refractivity contribution in [3.05, 3.63) is 12.2 Å². The fourth-order valence-electron chi connectivity index (χ4n) is 3.56. The van der Waals surface area contributed by atoms with Gasteiger partial charge in [-0.2, -0.15) is 0 Å². The summed E-state index contributed by atoms with van der Waals surface area (Å²) < 4.78 is 11.0. The van der Waals surface area contributed by atoms with Crippen molar-refractivity contribution >= 4 is 0 Å². The van der Waals surface area contributed by atoms with E-state index in [9.17, 15) is 15.3 Å². The fraction of sp³-hybridized carbons (Fsp3) is 0.909. The van der Waals surface area contributed by atoms with Crippen LogP contribution in [-0.4, -0.2) is 59.6 Å². The van der Waals surface area contributed by atoms with Crippen LogP contribution in [0.25, 0.3) is 0 Å². The minimum Gasteiger partial charge on any atom is -0.394 e. The molecule has 0 amide bonds. The number of ether oxygens (including phenoxy) is 2. The number of aliphatic hydroxyl groups is 3. The van der Waals surface area contributed by atoms with E-state index in [-0.39, 0.29) is 13.2 Å². The molecule has 0 unspecified atom stereocenters. The van der Waals surface area contributed by atoms with Gasteiger partial charge in [-0.1, -0.05) is 69.9 Å². The van der Waals surface area contributed by atoms with Crippen molar-refractivity contribution in [3.63, 3.8) is 0 Å². The maximum Gasteiger partial charge on any atom is 0.114 e. The number of hydrogen-bond donors (Lipinski definition) is 3. The lowest BCUT2D eigenvalue weighted by molar-refractivity contribution is -0.101. The highest BCUT2D eigenvalue weighted by Crippen LogP contribution is 2.20. The van der Waals surface area contributed by atoms with Crippen molar-refractivity contribution < 1.29 is 24.8 Å². The number of rotatable bonds is 17. The van der Waals surface area contributed by atoms with Crippen LogP contribution < -0.4 is 0 Å². The molecule has 0 aromatic rings. The van der Waals surface area contributed by atoms with Crippen LogP contribution in [0.2, 0.25) is 0 Å². The summed E-state index contributed by atoms with van der Waals surface area (Å²) in [7, 11) is 0. The SMILES string of the molecule is C/C=C/CCCCCCCCCCCCCO[C@H](CO)[C@H]1OC[C@H](O)[C@H]1O. The first-order chi connectivity index (χ1) is 13.2. The molecule has 1 aliphatic heterocycles. The van der Waals surface area contributed by atoms with Crippen molar-refractivity contribution in [2.24, 2.45) is 0 Å². The molecule has 1 aliphatic rings. The average Bonchev–Trinajstić information content (AvgIpc) is 3.00. The van der Waals surface area contributed by atoms with Gasteiger partial charge >= 0.3 is 0 Å². The number of hydrogen-bond acceptors (Lipinski definition) is 5. The van der Waals surface area contributed by atoms with E-state index in [0.29, 0.717) is 6.61 Å². The van der Waals surface area contributed by atoms with Gasteiger partial charge in [0.15, 0.2) is 0 Å². The van der Waals surface area contributed by atoms with E-state index >= 15 is 0 Å². The van der Waals surface area contributed by atoms with Gasteiger partial charge in [-0.3, -0.25) is 0 Å². The summed E-state index contributed by atoms with van der Waals surface area (Å²) in [6.45, 7) is 2.54. The van der Waals surface area contributed by atoms with Gasteiger partial charge in [0.2, 0.25) is 0 Å². The van der Waals surface area contributed by atoms with E-state index < -0.39 is 24.4 Å². The molecule has 27 heavy (non-hydrogen) atoms. The molecule has 3 N–H and O–H groups in total. The Morgan fingerprint density at radius 2 is 1.48 bits per heavy atom. The van der Waals surface area contributed by atoms with Crippen LogP contribution >= 0.6 is 0 Å². The summed E-state index contributed by atoms with van der Waals surface area (Å²) in [4.78, 5) is 0. The van der Waals surface area contributed by atoms with Gasteiger partial charge in [-0.05, 0) is 26.2 Å². The molecule has 0 aromatic heterocycles. The molecular formula is C22H42O5. The van der Waals surface area contributed by atoms with Gasteiger partial charge in [0.05, 0.1) is 13.2 Å². The molecule has 0 radical (unpaired) electrons. The van der Waals surface area contributed by atoms with Crippen molar-refractivity contribution in [1.29, 1.82) is 0 Å². The molecule has 0 aliphatic carbocycles. The van der Waals surface area contributed by atoms with Gasteiger partial charge in [0.1, 0.15) is 24.4 Å². The Bertz CT molecular complexity index is 361. The van der Waals surface area contributed by atoms with Gasteiger partial charge < -0.3 is 24.8 Å². The Morgan fingerprint density at radius 1 is 0.926 bits per heavy atom. The first-order valence-electron chi connectivity index (χ1n) is 11.0. The van der Waals surface area contributed by atoms with Crippen molar-refractivity contribution in [1.82, 2.24) is 0 Å². The highest BCUT2D eigenvalue weighted by atomic mass is 16.6. The Kier molecular flexibility index (Phi) is 15.0. The summed E-state index contributed by atoms with van der Waals surface area (Å²) in [5.41, 5.74) is 0. The predicted octanol–water partition coefficient (Wildman–Crippen LogP) is 3.74. The van der Waals surface area contributed by atoms with Crippen LogP contribution in [-0.2, 0) is 9.47 Å². The maximum atomic E-state index is 9.82. The van der Waals surface area contributed by atoms with E-state index in [1.807, 2.05) is 0 Å². The predicted molar refractivity (Wildman–Crippen MR) is 109 cm³/mol. The van der Waals surface area contributed by atoms with Crippen LogP contribution in [0.4, 0.5) is 0 Å². The molecule has 0 saturated carbocycles. The quantitative estimate of drug-likeness (QED) is 0.262. The van der Waals surface area contributed by atoms with Crippen LogP contribution in [0.3, 0.4) is 0 Å². The normalized spacial score (nSPS) is 24.1. The van der Waals surface area contributed by atoms with Crippen LogP contribution in [0.15, 0.2) is 12.2 Å². The standard InChI is InChI=1S/C22H42O5/c1-2-3-4-5-6-7-8-9-10-11-12-13-14-15-16-26-20(17-23)22-21(25)19(24)18-27-22/h2-3,19-25H,4-18H2,1H3/b3-2+/t19-,20+,21+,22+/m0/s1. The van der Waals surface area contributed by atoms with E-state index in [4.69, 9.17) is 9.47 Å². The van der Waals surface area contributed by atoms with E-state index in [1.165, 1.54) is 64.2 Å². The minimum absolute atomic E-state index is 0.0991. The summed E-state index contributed by atoms with van der Waals surface area (Å²) in [5, 5.41) is 28.7. The minimum atomic E-state index is -0.977. The Balaban J connectivity index is 1.86. The Hall–Kier alpha value is -0.460. The highest BCUT2D eigenvalue weighted by Gasteiger charge is 2.40. The molecule has 160 valence electrons. The third-order valence-corrected chi connectivity index (χ3v) is 5.32. The van der Waals surface area contributed by atoms with Crippen LogP contribution in [0.1, 0.15) is 84.0 Å². The molecule has 0 aromatic carbocycles. The molecule has 1 rings (SSSR count). The van der Waals surface area contributed by atoms with E-state index in [1.54, 1.807) is 0 Å². The topological polar surface area (TPSA) is 79.2 Å². The first kappa shape index (κ1) is 24.6. The first-order valence-corrected chi connectivity index (χ1v) is 11.0. The van der Waals surface area contributed by atoms with Gasteiger partial charge in [-0.15, -0.1) is 0 Å². The Labute approximate surface area is 165 Å². The van der Waals surface area contributed by atoms with Crippen molar-refractivity contribution in [2.75, 3.05) is 19.8 Å². The number of allylic oxidation sites excluding steroid dienone is 2. The largest absolute Gasteiger partial charge is 0.394 e. The third kappa shape index (κ3) is 11.2. The smallest absolute Gasteiger partial charge is 0.114 e. The summed E-state index contributed by atoms with van der Waals surface area (Å²) in [5.74, 6) is 0. The zero-order valence-corrected chi connectivity index (χ0v) is 17.2. The zero-order chi connectivity index (χ0) is 19.7. The molecule has 0 bridgehead atoms. The lowest BCUT2D eigenvalue weighted by atomic mass is 10.0. The maximum absolute atomic E-state index is 9.82. The second kappa shape index (κ2) is 16.5. The Morgan fingerprint density at radius 3 is 1.96 bits per heavy atom. The fourth-order valence-corrected chi connectivity index (χ4v) is 3.56. The van der Waals surface area contributed by atoms with Gasteiger partial charge in [-0.25, -0.2) is 0 Å². The number of aliphatic hydroxyl groups excluding tert-OH is 3. The third-order valence-electron chi connectivity index (χ3n) is 5.32. The second-order valence-electron chi connectivity index (χ2n) is 7.69. The van der Waals surface area contributed by atoms with Crippen molar-refractivity contribution in [3.8, 4) is 0 Å². The van der Waals surface area contributed by atoms with Gasteiger partial charge in [0, 0.05) is 6.61 Å². The van der Waals surface area contributed by atoms with Crippen LogP contribution in [0.5, 0.6) is 0 Å². The molecule has 5 nitrogen and oxygen atoms in total. The zero-order valence-electron chi connectivity index (χ0n) is 17.2. The van der Waals surface area contributed by atoms with Crippen LogP contribution in [0, 0.1) is 0 Å². The van der Waals surface area contributed by atoms with Crippen molar-refractivity contribution in [2.45, 2.75) is 108 Å². The summed E-state index contributed by atoms with van der Waals surface area (Å²) in [6.07, 6.45) is 16.6. The van der Waals surface area contributed by atoms with E-state index in [2.05, 4.69) is 19.1 Å². The summed E-state index contributed by atoms with van der Waals surface area (Å²) in [6, 6.07) is 0. The molecule has 4 atom stereocenters. The highest BCUT2D eigenvalue weighted by molar-refractivity contribution is 4.88. The molecule has 1 saturated heterocycles. The lowest BCUT2D eigenvalue weighted by Crippen LogP contribution is -2.42. The summed E-state index contributed by atoms with van der Waals surface area (Å²) >= 11 is 0. The molecule has 0 spiro atoms.